The molecule has 2 amide bonds. The van der Waals surface area contributed by atoms with Gasteiger partial charge in [-0.25, -0.2) is 9.48 Å². The fourth-order valence-electron chi connectivity index (χ4n) is 3.04. The Morgan fingerprint density at radius 2 is 2.04 bits per heavy atom. The summed E-state index contributed by atoms with van der Waals surface area (Å²) in [5.74, 6) is 0.574. The van der Waals surface area contributed by atoms with E-state index >= 15 is 0 Å². The van der Waals surface area contributed by atoms with Crippen molar-refractivity contribution in [3.63, 3.8) is 0 Å². The Morgan fingerprint density at radius 1 is 1.26 bits per heavy atom. The molecule has 3 rings (SSSR count). The quantitative estimate of drug-likeness (QED) is 0.709. The van der Waals surface area contributed by atoms with Crippen molar-refractivity contribution in [1.82, 2.24) is 35.3 Å². The molecule has 0 aliphatic carbocycles. The summed E-state index contributed by atoms with van der Waals surface area (Å²) in [5, 5.41) is 21.3. The van der Waals surface area contributed by atoms with E-state index in [1.54, 1.807) is 30.0 Å². The zero-order valence-electron chi connectivity index (χ0n) is 15.9. The Kier molecular flexibility index (Phi) is 5.06. The topological polar surface area (TPSA) is 112 Å². The SMILES string of the molecule is COc1cc(NC(=O)N[C@H](C)c2c(C)nn(C)c2C)cc(-n2cnnn2)c1. The summed E-state index contributed by atoms with van der Waals surface area (Å²) in [4.78, 5) is 12.5. The second-order valence-corrected chi connectivity index (χ2v) is 6.20. The first-order valence-corrected chi connectivity index (χ1v) is 8.39. The van der Waals surface area contributed by atoms with Crippen molar-refractivity contribution in [1.29, 1.82) is 0 Å². The molecule has 3 aromatic rings. The number of hydrogen-bond donors (Lipinski definition) is 2. The second-order valence-electron chi connectivity index (χ2n) is 6.20. The first kappa shape index (κ1) is 18.4. The van der Waals surface area contributed by atoms with E-state index in [9.17, 15) is 4.79 Å². The molecule has 10 heteroatoms. The van der Waals surface area contributed by atoms with E-state index in [0.717, 1.165) is 17.0 Å². The number of anilines is 1. The molecule has 2 heterocycles. The summed E-state index contributed by atoms with van der Waals surface area (Å²) in [5.41, 5.74) is 4.14. The van der Waals surface area contributed by atoms with Crippen molar-refractivity contribution in [2.24, 2.45) is 7.05 Å². The molecule has 0 fully saturated rings. The minimum atomic E-state index is -0.332. The number of rotatable bonds is 5. The largest absolute Gasteiger partial charge is 0.497 e. The zero-order valence-corrected chi connectivity index (χ0v) is 15.9. The van der Waals surface area contributed by atoms with Crippen LogP contribution in [-0.2, 0) is 7.05 Å². The number of nitrogens with one attached hydrogen (secondary N) is 2. The Balaban J connectivity index is 1.76. The molecule has 0 saturated heterocycles. The van der Waals surface area contributed by atoms with Crippen molar-refractivity contribution in [2.75, 3.05) is 12.4 Å². The standard InChI is InChI=1S/C17H22N8O2/c1-10(16-11(2)21-24(4)12(16)3)19-17(26)20-13-6-14(8-15(7-13)27-5)25-9-18-22-23-25/h6-10H,1-5H3,(H2,19,20,26)/t10-/m1/s1. The van der Waals surface area contributed by atoms with E-state index < -0.39 is 0 Å². The summed E-state index contributed by atoms with van der Waals surface area (Å²) in [6.45, 7) is 5.83. The predicted molar refractivity (Wildman–Crippen MR) is 99.0 cm³/mol. The van der Waals surface area contributed by atoms with E-state index in [2.05, 4.69) is 31.3 Å². The minimum Gasteiger partial charge on any atom is -0.497 e. The monoisotopic (exact) mass is 370 g/mol. The van der Waals surface area contributed by atoms with Gasteiger partial charge in [0.15, 0.2) is 0 Å². The Bertz CT molecular complexity index is 948. The maximum absolute atomic E-state index is 12.5. The van der Waals surface area contributed by atoms with Gasteiger partial charge in [-0.15, -0.1) is 5.10 Å². The van der Waals surface area contributed by atoms with Crippen LogP contribution in [0.3, 0.4) is 0 Å². The molecule has 1 aromatic carbocycles. The fourth-order valence-corrected chi connectivity index (χ4v) is 3.04. The lowest BCUT2D eigenvalue weighted by Crippen LogP contribution is -2.31. The van der Waals surface area contributed by atoms with Gasteiger partial charge < -0.3 is 15.4 Å². The van der Waals surface area contributed by atoms with E-state index in [1.165, 1.54) is 11.0 Å². The lowest BCUT2D eigenvalue weighted by molar-refractivity contribution is 0.249. The highest BCUT2D eigenvalue weighted by Gasteiger charge is 2.18. The number of nitrogens with zero attached hydrogens (tertiary/aromatic N) is 6. The molecule has 1 atom stereocenters. The van der Waals surface area contributed by atoms with Crippen molar-refractivity contribution >= 4 is 11.7 Å². The number of ether oxygens (including phenoxy) is 1. The van der Waals surface area contributed by atoms with Gasteiger partial charge in [0.2, 0.25) is 0 Å². The molecule has 2 N–H and O–H groups in total. The number of carbonyl (C=O) groups excluding carboxylic acids is 1. The molecular formula is C17H22N8O2. The van der Waals surface area contributed by atoms with Crippen LogP contribution in [0.15, 0.2) is 24.5 Å². The van der Waals surface area contributed by atoms with Gasteiger partial charge in [-0.1, -0.05) is 0 Å². The van der Waals surface area contributed by atoms with Crippen LogP contribution in [0.1, 0.15) is 29.9 Å². The fraction of sp³-hybridized carbons (Fsp3) is 0.353. The van der Waals surface area contributed by atoms with Crippen LogP contribution < -0.4 is 15.4 Å². The Labute approximate surface area is 156 Å². The Hall–Kier alpha value is -3.43. The number of amides is 2. The van der Waals surface area contributed by atoms with Gasteiger partial charge in [0.25, 0.3) is 0 Å². The molecule has 0 aliphatic heterocycles. The molecule has 0 bridgehead atoms. The van der Waals surface area contributed by atoms with Crippen molar-refractivity contribution < 1.29 is 9.53 Å². The molecule has 142 valence electrons. The van der Waals surface area contributed by atoms with E-state index in [-0.39, 0.29) is 12.1 Å². The van der Waals surface area contributed by atoms with Crippen LogP contribution in [0.25, 0.3) is 5.69 Å². The lowest BCUT2D eigenvalue weighted by Gasteiger charge is -2.16. The van der Waals surface area contributed by atoms with E-state index in [1.807, 2.05) is 27.8 Å². The average molecular weight is 370 g/mol. The molecule has 0 radical (unpaired) electrons. The molecular weight excluding hydrogens is 348 g/mol. The first-order chi connectivity index (χ1) is 12.9. The molecule has 10 nitrogen and oxygen atoms in total. The van der Waals surface area contributed by atoms with Crippen LogP contribution in [0.5, 0.6) is 5.75 Å². The van der Waals surface area contributed by atoms with Gasteiger partial charge in [-0.05, 0) is 37.3 Å². The third-order valence-corrected chi connectivity index (χ3v) is 4.34. The minimum absolute atomic E-state index is 0.191. The summed E-state index contributed by atoms with van der Waals surface area (Å²) < 4.78 is 8.58. The van der Waals surface area contributed by atoms with Gasteiger partial charge in [0, 0.05) is 36.1 Å². The maximum atomic E-state index is 12.5. The third-order valence-electron chi connectivity index (χ3n) is 4.34. The van der Waals surface area contributed by atoms with Gasteiger partial charge >= 0.3 is 6.03 Å². The van der Waals surface area contributed by atoms with Gasteiger partial charge in [-0.3, -0.25) is 4.68 Å². The average Bonchev–Trinajstić information content (AvgIpc) is 3.23. The normalized spacial score (nSPS) is 11.9. The first-order valence-electron chi connectivity index (χ1n) is 8.39. The van der Waals surface area contributed by atoms with Gasteiger partial charge in [0.1, 0.15) is 12.1 Å². The zero-order chi connectivity index (χ0) is 19.6. The molecule has 0 aliphatic rings. The van der Waals surface area contributed by atoms with Gasteiger partial charge in [-0.2, -0.15) is 5.10 Å². The summed E-state index contributed by atoms with van der Waals surface area (Å²) in [6.07, 6.45) is 1.47. The molecule has 0 spiro atoms. The van der Waals surface area contributed by atoms with E-state index in [4.69, 9.17) is 4.74 Å². The second kappa shape index (κ2) is 7.44. The molecule has 0 unspecified atom stereocenters. The van der Waals surface area contributed by atoms with Crippen LogP contribution in [0.4, 0.5) is 10.5 Å². The van der Waals surface area contributed by atoms with E-state index in [0.29, 0.717) is 17.1 Å². The van der Waals surface area contributed by atoms with Gasteiger partial charge in [0.05, 0.1) is 24.5 Å². The highest BCUT2D eigenvalue weighted by atomic mass is 16.5. The summed E-state index contributed by atoms with van der Waals surface area (Å²) >= 11 is 0. The highest BCUT2D eigenvalue weighted by Crippen LogP contribution is 2.24. The van der Waals surface area contributed by atoms with Crippen LogP contribution in [0.2, 0.25) is 0 Å². The highest BCUT2D eigenvalue weighted by molar-refractivity contribution is 5.90. The lowest BCUT2D eigenvalue weighted by atomic mass is 10.1. The summed E-state index contributed by atoms with van der Waals surface area (Å²) in [6, 6.07) is 4.72. The number of benzene rings is 1. The van der Waals surface area contributed by atoms with Crippen molar-refractivity contribution in [3.05, 3.63) is 41.5 Å². The predicted octanol–water partition coefficient (Wildman–Crippen LogP) is 1.90. The number of tetrazole rings is 1. The smallest absolute Gasteiger partial charge is 0.319 e. The number of hydrogen-bond acceptors (Lipinski definition) is 6. The molecule has 2 aromatic heterocycles. The molecule has 27 heavy (non-hydrogen) atoms. The van der Waals surface area contributed by atoms with Crippen LogP contribution in [-0.4, -0.2) is 43.1 Å². The number of aryl methyl sites for hydroxylation is 2. The van der Waals surface area contributed by atoms with Crippen molar-refractivity contribution in [2.45, 2.75) is 26.8 Å². The van der Waals surface area contributed by atoms with Crippen LogP contribution >= 0.6 is 0 Å². The third kappa shape index (κ3) is 3.89. The number of methoxy groups -OCH3 is 1. The number of aromatic nitrogens is 6. The summed E-state index contributed by atoms with van der Waals surface area (Å²) in [7, 11) is 3.44. The molecule has 0 saturated carbocycles. The maximum Gasteiger partial charge on any atom is 0.319 e. The van der Waals surface area contributed by atoms with Crippen molar-refractivity contribution in [3.8, 4) is 11.4 Å². The number of carbonyl (C=O) groups is 1. The number of urea groups is 1. The van der Waals surface area contributed by atoms with Crippen LogP contribution in [0, 0.1) is 13.8 Å². The Morgan fingerprint density at radius 3 is 2.63 bits per heavy atom.